The van der Waals surface area contributed by atoms with Crippen molar-refractivity contribution in [1.29, 1.82) is 0 Å². The van der Waals surface area contributed by atoms with Gasteiger partial charge in [-0.25, -0.2) is 9.98 Å². The summed E-state index contributed by atoms with van der Waals surface area (Å²) in [4.78, 5) is 11.0. The molecular weight excluding hydrogens is 433 g/mol. The van der Waals surface area contributed by atoms with E-state index in [1.54, 1.807) is 6.26 Å². The number of guanidine groups is 1. The smallest absolute Gasteiger partial charge is 0.216 e. The van der Waals surface area contributed by atoms with Crippen LogP contribution in [0.4, 0.5) is 0 Å². The number of aromatic nitrogens is 1. The Kier molecular flexibility index (Phi) is 8.98. The van der Waals surface area contributed by atoms with Gasteiger partial charge in [0.05, 0.1) is 18.0 Å². The molecular formula is C17H28IN5O2. The molecule has 1 unspecified atom stereocenters. The van der Waals surface area contributed by atoms with E-state index in [9.17, 15) is 0 Å². The predicted molar refractivity (Wildman–Crippen MR) is 109 cm³/mol. The van der Waals surface area contributed by atoms with E-state index >= 15 is 0 Å². The summed E-state index contributed by atoms with van der Waals surface area (Å²) in [5.74, 6) is 3.10. The lowest BCUT2D eigenvalue weighted by Gasteiger charge is -2.23. The molecule has 0 bridgehead atoms. The van der Waals surface area contributed by atoms with Crippen molar-refractivity contribution in [3.8, 4) is 0 Å². The highest BCUT2D eigenvalue weighted by Gasteiger charge is 2.17. The average molecular weight is 461 g/mol. The maximum Gasteiger partial charge on any atom is 0.216 e. The van der Waals surface area contributed by atoms with E-state index < -0.39 is 0 Å². The molecule has 0 saturated carbocycles. The SMILES string of the molecule is CCNC(=NCc1nc(C)c(C)o1)NCC(c1ccco1)N(C)C.I. The largest absolute Gasteiger partial charge is 0.468 e. The van der Waals surface area contributed by atoms with Crippen LogP contribution in [0, 0.1) is 13.8 Å². The molecule has 0 fully saturated rings. The topological polar surface area (TPSA) is 78.8 Å². The monoisotopic (exact) mass is 461 g/mol. The van der Waals surface area contributed by atoms with Gasteiger partial charge in [0.25, 0.3) is 0 Å². The summed E-state index contributed by atoms with van der Waals surface area (Å²) in [6.45, 7) is 7.73. The number of hydrogen-bond donors (Lipinski definition) is 2. The van der Waals surface area contributed by atoms with Crippen LogP contribution >= 0.6 is 24.0 Å². The van der Waals surface area contributed by atoms with Crippen molar-refractivity contribution >= 4 is 29.9 Å². The molecule has 2 aromatic heterocycles. The lowest BCUT2D eigenvalue weighted by Crippen LogP contribution is -2.41. The van der Waals surface area contributed by atoms with Crippen LogP contribution in [0.5, 0.6) is 0 Å². The Bertz CT molecular complexity index is 633. The van der Waals surface area contributed by atoms with Gasteiger partial charge in [0.1, 0.15) is 18.1 Å². The maximum absolute atomic E-state index is 5.57. The van der Waals surface area contributed by atoms with Crippen LogP contribution in [0.25, 0.3) is 0 Å². The van der Waals surface area contributed by atoms with E-state index in [1.165, 1.54) is 0 Å². The zero-order chi connectivity index (χ0) is 17.5. The van der Waals surface area contributed by atoms with Gasteiger partial charge in [-0.15, -0.1) is 24.0 Å². The first kappa shape index (κ1) is 21.5. The third-order valence-electron chi connectivity index (χ3n) is 3.75. The number of hydrogen-bond acceptors (Lipinski definition) is 5. The lowest BCUT2D eigenvalue weighted by atomic mass is 10.2. The molecule has 25 heavy (non-hydrogen) atoms. The average Bonchev–Trinajstić information content (AvgIpc) is 3.15. The third kappa shape index (κ3) is 6.35. The highest BCUT2D eigenvalue weighted by Crippen LogP contribution is 2.17. The van der Waals surface area contributed by atoms with Gasteiger partial charge in [-0.05, 0) is 47.0 Å². The number of aliphatic imine (C=N–C) groups is 1. The zero-order valence-electron chi connectivity index (χ0n) is 15.5. The molecule has 7 nitrogen and oxygen atoms in total. The minimum absolute atomic E-state index is 0. The predicted octanol–water partition coefficient (Wildman–Crippen LogP) is 2.86. The molecule has 8 heteroatoms. The Morgan fingerprint density at radius 3 is 2.60 bits per heavy atom. The van der Waals surface area contributed by atoms with Gasteiger partial charge in [0.15, 0.2) is 5.96 Å². The van der Waals surface area contributed by atoms with Crippen LogP contribution in [0.3, 0.4) is 0 Å². The van der Waals surface area contributed by atoms with Crippen molar-refractivity contribution in [1.82, 2.24) is 20.5 Å². The number of nitrogens with one attached hydrogen (secondary N) is 2. The minimum atomic E-state index is 0. The van der Waals surface area contributed by atoms with Crippen molar-refractivity contribution in [3.63, 3.8) is 0 Å². The van der Waals surface area contributed by atoms with E-state index in [-0.39, 0.29) is 30.0 Å². The minimum Gasteiger partial charge on any atom is -0.468 e. The van der Waals surface area contributed by atoms with Crippen molar-refractivity contribution in [2.24, 2.45) is 4.99 Å². The van der Waals surface area contributed by atoms with Gasteiger partial charge in [-0.3, -0.25) is 4.90 Å². The van der Waals surface area contributed by atoms with Crippen LogP contribution < -0.4 is 10.6 Å². The normalized spacial score (nSPS) is 12.8. The zero-order valence-corrected chi connectivity index (χ0v) is 17.8. The van der Waals surface area contributed by atoms with Crippen LogP contribution in [0.15, 0.2) is 32.2 Å². The second kappa shape index (κ2) is 10.4. The fourth-order valence-electron chi connectivity index (χ4n) is 2.31. The Hall–Kier alpha value is -1.55. The molecule has 1 atom stereocenters. The maximum atomic E-state index is 5.57. The van der Waals surface area contributed by atoms with Gasteiger partial charge in [0, 0.05) is 13.1 Å². The van der Waals surface area contributed by atoms with Gasteiger partial charge in [0.2, 0.25) is 5.89 Å². The van der Waals surface area contributed by atoms with E-state index in [0.29, 0.717) is 19.0 Å². The highest BCUT2D eigenvalue weighted by molar-refractivity contribution is 14.0. The molecule has 0 aliphatic heterocycles. The molecule has 2 N–H and O–H groups in total. The first-order valence-electron chi connectivity index (χ1n) is 8.16. The highest BCUT2D eigenvalue weighted by atomic mass is 127. The quantitative estimate of drug-likeness (QED) is 0.375. The summed E-state index contributed by atoms with van der Waals surface area (Å²) in [5.41, 5.74) is 0.906. The molecule has 0 aromatic carbocycles. The number of rotatable bonds is 7. The van der Waals surface area contributed by atoms with Crippen LogP contribution in [-0.4, -0.2) is 43.0 Å². The lowest BCUT2D eigenvalue weighted by molar-refractivity contribution is 0.258. The Labute approximate surface area is 166 Å². The fourth-order valence-corrected chi connectivity index (χ4v) is 2.31. The second-order valence-corrected chi connectivity index (χ2v) is 5.82. The molecule has 140 valence electrons. The van der Waals surface area contributed by atoms with E-state index in [4.69, 9.17) is 8.83 Å². The Morgan fingerprint density at radius 2 is 2.08 bits per heavy atom. The molecule has 2 rings (SSSR count). The van der Waals surface area contributed by atoms with Crippen LogP contribution in [-0.2, 0) is 6.54 Å². The molecule has 0 spiro atoms. The first-order valence-corrected chi connectivity index (χ1v) is 8.16. The van der Waals surface area contributed by atoms with E-state index in [1.807, 2.05) is 47.0 Å². The van der Waals surface area contributed by atoms with Crippen molar-refractivity contribution in [2.45, 2.75) is 33.4 Å². The third-order valence-corrected chi connectivity index (χ3v) is 3.75. The van der Waals surface area contributed by atoms with Crippen molar-refractivity contribution < 1.29 is 8.83 Å². The molecule has 0 amide bonds. The molecule has 2 aromatic rings. The van der Waals surface area contributed by atoms with Gasteiger partial charge < -0.3 is 19.5 Å². The van der Waals surface area contributed by atoms with Crippen molar-refractivity contribution in [3.05, 3.63) is 41.5 Å². The standard InChI is InChI=1S/C17H27N5O2.HI/c1-6-18-17(20-11-16-21-12(2)13(3)24-16)19-10-14(22(4)5)15-8-7-9-23-15;/h7-9,14H,6,10-11H2,1-5H3,(H2,18,19,20);1H. The number of furan rings is 1. The summed E-state index contributed by atoms with van der Waals surface area (Å²) >= 11 is 0. The Balaban J connectivity index is 0.00000312. The molecule has 0 saturated heterocycles. The summed E-state index contributed by atoms with van der Waals surface area (Å²) in [7, 11) is 4.05. The number of likely N-dealkylation sites (N-methyl/N-ethyl adjacent to an activating group) is 1. The summed E-state index contributed by atoms with van der Waals surface area (Å²) in [6, 6.07) is 4.00. The molecule has 0 radical (unpaired) electrons. The molecule has 2 heterocycles. The van der Waals surface area contributed by atoms with E-state index in [2.05, 4.69) is 25.5 Å². The summed E-state index contributed by atoms with van der Waals surface area (Å²) < 4.78 is 11.1. The molecule has 0 aliphatic rings. The summed E-state index contributed by atoms with van der Waals surface area (Å²) in [5, 5.41) is 6.58. The van der Waals surface area contributed by atoms with Crippen LogP contribution in [0.1, 0.15) is 36.1 Å². The van der Waals surface area contributed by atoms with Gasteiger partial charge in [-0.2, -0.15) is 0 Å². The van der Waals surface area contributed by atoms with Crippen molar-refractivity contribution in [2.75, 3.05) is 27.2 Å². The van der Waals surface area contributed by atoms with Gasteiger partial charge >= 0.3 is 0 Å². The number of halogens is 1. The second-order valence-electron chi connectivity index (χ2n) is 5.82. The number of nitrogens with zero attached hydrogens (tertiary/aromatic N) is 3. The summed E-state index contributed by atoms with van der Waals surface area (Å²) in [6.07, 6.45) is 1.69. The Morgan fingerprint density at radius 1 is 1.32 bits per heavy atom. The van der Waals surface area contributed by atoms with Gasteiger partial charge in [-0.1, -0.05) is 0 Å². The molecule has 0 aliphatic carbocycles. The number of oxazole rings is 1. The van der Waals surface area contributed by atoms with Crippen LogP contribution in [0.2, 0.25) is 0 Å². The number of aryl methyl sites for hydroxylation is 2. The first-order chi connectivity index (χ1) is 11.5. The van der Waals surface area contributed by atoms with E-state index in [0.717, 1.165) is 29.7 Å². The fraction of sp³-hybridized carbons (Fsp3) is 0.529.